The lowest BCUT2D eigenvalue weighted by Crippen LogP contribution is -2.46. The van der Waals surface area contributed by atoms with E-state index in [4.69, 9.17) is 0 Å². The third-order valence-corrected chi connectivity index (χ3v) is 4.76. The van der Waals surface area contributed by atoms with Crippen molar-refractivity contribution in [3.8, 4) is 11.1 Å². The van der Waals surface area contributed by atoms with Gasteiger partial charge in [-0.3, -0.25) is 14.6 Å². The van der Waals surface area contributed by atoms with Crippen molar-refractivity contribution in [1.29, 1.82) is 0 Å². The molecule has 1 aromatic heterocycles. The molecule has 1 aromatic carbocycles. The Bertz CT molecular complexity index is 821. The molecule has 0 aliphatic carbocycles. The van der Waals surface area contributed by atoms with Crippen LogP contribution in [-0.2, 0) is 11.3 Å². The van der Waals surface area contributed by atoms with Crippen LogP contribution in [0.15, 0.2) is 42.6 Å². The van der Waals surface area contributed by atoms with Gasteiger partial charge in [0.1, 0.15) is 5.69 Å². The maximum absolute atomic E-state index is 12.9. The van der Waals surface area contributed by atoms with Crippen molar-refractivity contribution in [2.24, 2.45) is 0 Å². The maximum Gasteiger partial charge on any atom is 0.270 e. The zero-order valence-electron chi connectivity index (χ0n) is 15.9. The Morgan fingerprint density at radius 1 is 1.26 bits per heavy atom. The van der Waals surface area contributed by atoms with Crippen molar-refractivity contribution < 1.29 is 9.59 Å². The number of amides is 2. The van der Waals surface area contributed by atoms with Crippen LogP contribution < -0.4 is 10.6 Å². The molecule has 6 heteroatoms. The largest absolute Gasteiger partial charge is 0.352 e. The first-order valence-electron chi connectivity index (χ1n) is 9.31. The highest BCUT2D eigenvalue weighted by molar-refractivity contribution is 5.99. The summed E-state index contributed by atoms with van der Waals surface area (Å²) in [6.07, 6.45) is 3.72. The smallest absolute Gasteiger partial charge is 0.270 e. The maximum atomic E-state index is 12.9. The van der Waals surface area contributed by atoms with Gasteiger partial charge in [0, 0.05) is 37.8 Å². The zero-order valence-corrected chi connectivity index (χ0v) is 15.9. The highest BCUT2D eigenvalue weighted by Gasteiger charge is 2.22. The van der Waals surface area contributed by atoms with Crippen LogP contribution in [0.2, 0.25) is 0 Å². The second kappa shape index (κ2) is 8.77. The standard InChI is InChI=1S/C21H26N4O2/c1-15(26)23-13-16-6-3-7-17(12-16)19-9-4-10-22-20(19)21(27)24-18-8-5-11-25(2)14-18/h3-4,6-7,9-10,12,18H,5,8,11,13-14H2,1-2H3,(H,23,26)(H,24,27). The number of hydrogen-bond donors (Lipinski definition) is 2. The lowest BCUT2D eigenvalue weighted by atomic mass is 10.0. The summed E-state index contributed by atoms with van der Waals surface area (Å²) < 4.78 is 0. The van der Waals surface area contributed by atoms with Crippen LogP contribution in [0, 0.1) is 0 Å². The molecule has 2 N–H and O–H groups in total. The number of likely N-dealkylation sites (N-methyl/N-ethyl adjacent to an activating group) is 1. The van der Waals surface area contributed by atoms with E-state index in [9.17, 15) is 9.59 Å². The number of aromatic nitrogens is 1. The van der Waals surface area contributed by atoms with Gasteiger partial charge in [-0.25, -0.2) is 0 Å². The number of carbonyl (C=O) groups excluding carboxylic acids is 2. The molecule has 27 heavy (non-hydrogen) atoms. The van der Waals surface area contributed by atoms with E-state index in [1.165, 1.54) is 6.92 Å². The van der Waals surface area contributed by atoms with Crippen molar-refractivity contribution in [3.63, 3.8) is 0 Å². The number of pyridine rings is 1. The first kappa shape index (κ1) is 19.0. The second-order valence-corrected chi connectivity index (χ2v) is 7.08. The molecular formula is C21H26N4O2. The van der Waals surface area contributed by atoms with Gasteiger partial charge in [0.15, 0.2) is 0 Å². The molecule has 1 saturated heterocycles. The van der Waals surface area contributed by atoms with E-state index >= 15 is 0 Å². The first-order valence-corrected chi connectivity index (χ1v) is 9.31. The summed E-state index contributed by atoms with van der Waals surface area (Å²) >= 11 is 0. The van der Waals surface area contributed by atoms with Crippen molar-refractivity contribution in [2.75, 3.05) is 20.1 Å². The van der Waals surface area contributed by atoms with Crippen molar-refractivity contribution >= 4 is 11.8 Å². The normalized spacial score (nSPS) is 17.3. The number of nitrogens with one attached hydrogen (secondary N) is 2. The van der Waals surface area contributed by atoms with Gasteiger partial charge in [0.2, 0.25) is 5.91 Å². The van der Waals surface area contributed by atoms with Crippen LogP contribution in [0.25, 0.3) is 11.1 Å². The van der Waals surface area contributed by atoms with E-state index in [0.29, 0.717) is 12.2 Å². The summed E-state index contributed by atoms with van der Waals surface area (Å²) in [6.45, 7) is 3.89. The van der Waals surface area contributed by atoms with Gasteiger partial charge in [-0.2, -0.15) is 0 Å². The van der Waals surface area contributed by atoms with Crippen LogP contribution in [0.5, 0.6) is 0 Å². The van der Waals surface area contributed by atoms with E-state index < -0.39 is 0 Å². The third kappa shape index (κ3) is 5.14. The van der Waals surface area contributed by atoms with Gasteiger partial charge in [-0.1, -0.05) is 24.3 Å². The molecule has 3 rings (SSSR count). The molecule has 1 atom stereocenters. The fourth-order valence-electron chi connectivity index (χ4n) is 3.43. The summed E-state index contributed by atoms with van der Waals surface area (Å²) in [5.41, 5.74) is 3.12. The molecule has 1 unspecified atom stereocenters. The van der Waals surface area contributed by atoms with Crippen LogP contribution >= 0.6 is 0 Å². The van der Waals surface area contributed by atoms with Crippen LogP contribution in [0.1, 0.15) is 35.8 Å². The molecule has 2 aromatic rings. The lowest BCUT2D eigenvalue weighted by Gasteiger charge is -2.30. The summed E-state index contributed by atoms with van der Waals surface area (Å²) in [4.78, 5) is 30.6. The second-order valence-electron chi connectivity index (χ2n) is 7.08. The molecule has 1 aliphatic rings. The topological polar surface area (TPSA) is 74.3 Å². The first-order chi connectivity index (χ1) is 13.0. The molecule has 142 valence electrons. The van der Waals surface area contributed by atoms with Gasteiger partial charge in [0.25, 0.3) is 5.91 Å². The molecule has 6 nitrogen and oxygen atoms in total. The average Bonchev–Trinajstić information content (AvgIpc) is 2.66. The zero-order chi connectivity index (χ0) is 19.2. The molecule has 0 saturated carbocycles. The number of rotatable bonds is 5. The van der Waals surface area contributed by atoms with Crippen molar-refractivity contribution in [3.05, 3.63) is 53.9 Å². The molecule has 1 aliphatic heterocycles. The Morgan fingerprint density at radius 3 is 2.89 bits per heavy atom. The van der Waals surface area contributed by atoms with E-state index in [1.54, 1.807) is 6.20 Å². The molecule has 1 fully saturated rings. The van der Waals surface area contributed by atoms with Gasteiger partial charge < -0.3 is 15.5 Å². The van der Waals surface area contributed by atoms with Gasteiger partial charge in [0.05, 0.1) is 0 Å². The minimum atomic E-state index is -0.141. The van der Waals surface area contributed by atoms with Crippen molar-refractivity contribution in [1.82, 2.24) is 20.5 Å². The fraction of sp³-hybridized carbons (Fsp3) is 0.381. The van der Waals surface area contributed by atoms with E-state index in [-0.39, 0.29) is 17.9 Å². The molecule has 0 bridgehead atoms. The lowest BCUT2D eigenvalue weighted by molar-refractivity contribution is -0.119. The molecular weight excluding hydrogens is 340 g/mol. The Hall–Kier alpha value is -2.73. The summed E-state index contributed by atoms with van der Waals surface area (Å²) in [7, 11) is 2.07. The SMILES string of the molecule is CC(=O)NCc1cccc(-c2cccnc2C(=O)NC2CCCN(C)C2)c1. The summed E-state index contributed by atoms with van der Waals surface area (Å²) in [6, 6.07) is 11.7. The number of likely N-dealkylation sites (tertiary alicyclic amines) is 1. The van der Waals surface area contributed by atoms with Crippen LogP contribution in [-0.4, -0.2) is 47.9 Å². The molecule has 2 amide bonds. The predicted molar refractivity (Wildman–Crippen MR) is 105 cm³/mol. The number of hydrogen-bond acceptors (Lipinski definition) is 4. The number of benzene rings is 1. The van der Waals surface area contributed by atoms with E-state index in [1.807, 2.05) is 36.4 Å². The van der Waals surface area contributed by atoms with Gasteiger partial charge >= 0.3 is 0 Å². The Balaban J connectivity index is 1.80. The van der Waals surface area contributed by atoms with Crippen LogP contribution in [0.4, 0.5) is 0 Å². The number of piperidine rings is 1. The minimum Gasteiger partial charge on any atom is -0.352 e. The average molecular weight is 366 g/mol. The Morgan fingerprint density at radius 2 is 2.11 bits per heavy atom. The van der Waals surface area contributed by atoms with Crippen molar-refractivity contribution in [2.45, 2.75) is 32.4 Å². The molecule has 2 heterocycles. The fourth-order valence-corrected chi connectivity index (χ4v) is 3.43. The van der Waals surface area contributed by atoms with Crippen LogP contribution in [0.3, 0.4) is 0 Å². The van der Waals surface area contributed by atoms with Gasteiger partial charge in [-0.05, 0) is 49.7 Å². The molecule has 0 spiro atoms. The highest BCUT2D eigenvalue weighted by Crippen LogP contribution is 2.23. The van der Waals surface area contributed by atoms with E-state index in [2.05, 4.69) is 27.6 Å². The Labute approximate surface area is 160 Å². The summed E-state index contributed by atoms with van der Waals surface area (Å²) in [5.74, 6) is -0.211. The van der Waals surface area contributed by atoms with E-state index in [0.717, 1.165) is 42.6 Å². The predicted octanol–water partition coefficient (Wildman–Crippen LogP) is 2.21. The highest BCUT2D eigenvalue weighted by atomic mass is 16.2. The summed E-state index contributed by atoms with van der Waals surface area (Å²) in [5, 5.41) is 5.93. The quantitative estimate of drug-likeness (QED) is 0.851. The third-order valence-electron chi connectivity index (χ3n) is 4.76. The monoisotopic (exact) mass is 366 g/mol. The molecule has 0 radical (unpaired) electrons. The minimum absolute atomic E-state index is 0.0701. The van der Waals surface area contributed by atoms with Gasteiger partial charge in [-0.15, -0.1) is 0 Å². The Kier molecular flexibility index (Phi) is 6.19. The number of nitrogens with zero attached hydrogens (tertiary/aromatic N) is 2. The number of carbonyl (C=O) groups is 2.